The first kappa shape index (κ1) is 18.1. The van der Waals surface area contributed by atoms with Crippen LogP contribution in [0.5, 0.6) is 5.75 Å². The van der Waals surface area contributed by atoms with Crippen LogP contribution in [0.25, 0.3) is 0 Å². The summed E-state index contributed by atoms with van der Waals surface area (Å²) >= 11 is 0. The van der Waals surface area contributed by atoms with E-state index >= 15 is 0 Å². The van der Waals surface area contributed by atoms with Crippen molar-refractivity contribution in [2.24, 2.45) is 0 Å². The number of aryl methyl sites for hydroxylation is 1. The molecule has 0 spiro atoms. The average molecular weight is 362 g/mol. The first-order valence-corrected chi connectivity index (χ1v) is 8.31. The van der Waals surface area contributed by atoms with Crippen LogP contribution in [0.3, 0.4) is 0 Å². The Morgan fingerprint density at radius 3 is 2.44 bits per heavy atom. The van der Waals surface area contributed by atoms with Gasteiger partial charge in [-0.15, -0.1) is 0 Å². The molecule has 1 amide bonds. The number of carbonyl (C=O) groups is 2. The highest BCUT2D eigenvalue weighted by Gasteiger charge is 2.11. The molecule has 2 aromatic carbocycles. The first-order chi connectivity index (χ1) is 13.0. The SMILES string of the molecule is Cc1ccc(C(=O)O)cc1NC(=O)c1ccc(OCc2ccccn2)cc1. The maximum Gasteiger partial charge on any atom is 0.335 e. The Kier molecular flexibility index (Phi) is 5.47. The van der Waals surface area contributed by atoms with Crippen LogP contribution in [0.4, 0.5) is 5.69 Å². The average Bonchev–Trinajstić information content (AvgIpc) is 2.69. The summed E-state index contributed by atoms with van der Waals surface area (Å²) in [6.45, 7) is 2.14. The first-order valence-electron chi connectivity index (χ1n) is 8.31. The minimum Gasteiger partial charge on any atom is -0.487 e. The molecule has 3 rings (SSSR count). The predicted molar refractivity (Wildman–Crippen MR) is 101 cm³/mol. The summed E-state index contributed by atoms with van der Waals surface area (Å²) in [7, 11) is 0. The molecular formula is C21H18N2O4. The molecule has 6 nitrogen and oxygen atoms in total. The van der Waals surface area contributed by atoms with Crippen LogP contribution in [0.2, 0.25) is 0 Å². The molecule has 0 aliphatic rings. The standard InChI is InChI=1S/C21H18N2O4/c1-14-5-6-16(21(25)26)12-19(14)23-20(24)15-7-9-18(10-8-15)27-13-17-4-2-3-11-22-17/h2-12H,13H2,1H3,(H,23,24)(H,25,26). The van der Waals surface area contributed by atoms with Crippen molar-refractivity contribution in [1.82, 2.24) is 4.98 Å². The molecule has 0 unspecified atom stereocenters. The van der Waals surface area contributed by atoms with Crippen LogP contribution in [0.1, 0.15) is 32.0 Å². The van der Waals surface area contributed by atoms with Crippen LogP contribution in [-0.4, -0.2) is 22.0 Å². The topological polar surface area (TPSA) is 88.5 Å². The molecule has 1 aromatic heterocycles. The Bertz CT molecular complexity index is 954. The van der Waals surface area contributed by atoms with Gasteiger partial charge in [0, 0.05) is 17.4 Å². The van der Waals surface area contributed by atoms with Crippen molar-refractivity contribution in [2.75, 3.05) is 5.32 Å². The van der Waals surface area contributed by atoms with Crippen molar-refractivity contribution in [2.45, 2.75) is 13.5 Å². The summed E-state index contributed by atoms with van der Waals surface area (Å²) < 4.78 is 5.65. The van der Waals surface area contributed by atoms with Crippen LogP contribution >= 0.6 is 0 Å². The fraction of sp³-hybridized carbons (Fsp3) is 0.0952. The van der Waals surface area contributed by atoms with Crippen molar-refractivity contribution in [3.8, 4) is 5.75 Å². The number of carboxylic acids is 1. The highest BCUT2D eigenvalue weighted by atomic mass is 16.5. The lowest BCUT2D eigenvalue weighted by molar-refractivity contribution is 0.0696. The van der Waals surface area contributed by atoms with Crippen molar-refractivity contribution in [3.63, 3.8) is 0 Å². The van der Waals surface area contributed by atoms with Gasteiger partial charge in [-0.1, -0.05) is 12.1 Å². The monoisotopic (exact) mass is 362 g/mol. The van der Waals surface area contributed by atoms with Gasteiger partial charge in [0.15, 0.2) is 0 Å². The number of anilines is 1. The number of pyridine rings is 1. The molecule has 1 heterocycles. The highest BCUT2D eigenvalue weighted by molar-refractivity contribution is 6.05. The molecule has 0 atom stereocenters. The maximum absolute atomic E-state index is 12.4. The van der Waals surface area contributed by atoms with Crippen LogP contribution in [0, 0.1) is 6.92 Å². The normalized spacial score (nSPS) is 10.3. The molecule has 0 saturated carbocycles. The zero-order valence-electron chi connectivity index (χ0n) is 14.7. The number of ether oxygens (including phenoxy) is 1. The second-order valence-electron chi connectivity index (χ2n) is 5.92. The van der Waals surface area contributed by atoms with E-state index in [0.29, 0.717) is 23.6 Å². The number of hydrogen-bond donors (Lipinski definition) is 2. The lowest BCUT2D eigenvalue weighted by Gasteiger charge is -2.10. The molecule has 27 heavy (non-hydrogen) atoms. The Labute approximate surface area is 156 Å². The van der Waals surface area contributed by atoms with Crippen LogP contribution < -0.4 is 10.1 Å². The van der Waals surface area contributed by atoms with E-state index in [-0.39, 0.29) is 11.5 Å². The number of aromatic carboxylic acids is 1. The smallest absolute Gasteiger partial charge is 0.335 e. The van der Waals surface area contributed by atoms with Gasteiger partial charge in [-0.2, -0.15) is 0 Å². The van der Waals surface area contributed by atoms with Gasteiger partial charge >= 0.3 is 5.97 Å². The molecule has 0 aliphatic heterocycles. The molecule has 0 bridgehead atoms. The lowest BCUT2D eigenvalue weighted by Crippen LogP contribution is -2.13. The Morgan fingerprint density at radius 1 is 1.04 bits per heavy atom. The van der Waals surface area contributed by atoms with Crippen molar-refractivity contribution in [1.29, 1.82) is 0 Å². The summed E-state index contributed by atoms with van der Waals surface area (Å²) in [5.41, 5.74) is 2.63. The summed E-state index contributed by atoms with van der Waals surface area (Å²) in [4.78, 5) is 27.7. The van der Waals surface area contributed by atoms with Gasteiger partial charge in [0.1, 0.15) is 12.4 Å². The molecule has 0 radical (unpaired) electrons. The number of amides is 1. The number of aromatic nitrogens is 1. The highest BCUT2D eigenvalue weighted by Crippen LogP contribution is 2.19. The van der Waals surface area contributed by atoms with Crippen molar-refractivity contribution in [3.05, 3.63) is 89.2 Å². The third-order valence-electron chi connectivity index (χ3n) is 3.96. The van der Waals surface area contributed by atoms with Gasteiger partial charge in [0.05, 0.1) is 11.3 Å². The van der Waals surface area contributed by atoms with Crippen LogP contribution in [-0.2, 0) is 6.61 Å². The molecule has 2 N–H and O–H groups in total. The second-order valence-corrected chi connectivity index (χ2v) is 5.92. The lowest BCUT2D eigenvalue weighted by atomic mass is 10.1. The molecule has 6 heteroatoms. The van der Waals surface area contributed by atoms with Gasteiger partial charge in [0.25, 0.3) is 5.91 Å². The van der Waals surface area contributed by atoms with E-state index in [1.54, 1.807) is 43.5 Å². The molecule has 136 valence electrons. The number of carboxylic acid groups (broad SMARTS) is 1. The maximum atomic E-state index is 12.4. The minimum atomic E-state index is -1.04. The van der Waals surface area contributed by atoms with E-state index in [4.69, 9.17) is 9.84 Å². The molecule has 0 fully saturated rings. The van der Waals surface area contributed by atoms with Crippen LogP contribution in [0.15, 0.2) is 66.9 Å². The van der Waals surface area contributed by atoms with Gasteiger partial charge in [-0.3, -0.25) is 9.78 Å². The number of benzene rings is 2. The van der Waals surface area contributed by atoms with Gasteiger partial charge < -0.3 is 15.2 Å². The zero-order chi connectivity index (χ0) is 19.2. The zero-order valence-corrected chi connectivity index (χ0v) is 14.7. The van der Waals surface area contributed by atoms with E-state index in [2.05, 4.69) is 10.3 Å². The van der Waals surface area contributed by atoms with Gasteiger partial charge in [-0.05, 0) is 61.0 Å². The fourth-order valence-electron chi connectivity index (χ4n) is 2.43. The number of nitrogens with one attached hydrogen (secondary N) is 1. The van der Waals surface area contributed by atoms with Crippen molar-refractivity contribution < 1.29 is 19.4 Å². The molecule has 0 aliphatic carbocycles. The Hall–Kier alpha value is -3.67. The minimum absolute atomic E-state index is 0.120. The van der Waals surface area contributed by atoms with E-state index in [0.717, 1.165) is 11.3 Å². The summed E-state index contributed by atoms with van der Waals surface area (Å²) in [5.74, 6) is -0.738. The van der Waals surface area contributed by atoms with E-state index in [1.807, 2.05) is 18.2 Å². The molecule has 0 saturated heterocycles. The fourth-order valence-corrected chi connectivity index (χ4v) is 2.43. The molecular weight excluding hydrogens is 344 g/mol. The number of carbonyl (C=O) groups excluding carboxylic acids is 1. The number of rotatable bonds is 6. The third-order valence-corrected chi connectivity index (χ3v) is 3.96. The number of nitrogens with zero attached hydrogens (tertiary/aromatic N) is 1. The predicted octanol–water partition coefficient (Wildman–Crippen LogP) is 3.92. The Morgan fingerprint density at radius 2 is 1.78 bits per heavy atom. The molecule has 3 aromatic rings. The van der Waals surface area contributed by atoms with E-state index in [1.165, 1.54) is 12.1 Å². The second kappa shape index (κ2) is 8.14. The quantitative estimate of drug-likeness (QED) is 0.694. The summed E-state index contributed by atoms with van der Waals surface area (Å²) in [6.07, 6.45) is 1.70. The third kappa shape index (κ3) is 4.70. The Balaban J connectivity index is 1.65. The largest absolute Gasteiger partial charge is 0.487 e. The number of hydrogen-bond acceptors (Lipinski definition) is 4. The van der Waals surface area contributed by atoms with Gasteiger partial charge in [0.2, 0.25) is 0 Å². The van der Waals surface area contributed by atoms with Gasteiger partial charge in [-0.25, -0.2) is 4.79 Å². The van der Waals surface area contributed by atoms with Crippen molar-refractivity contribution >= 4 is 17.6 Å². The summed E-state index contributed by atoms with van der Waals surface area (Å²) in [6, 6.07) is 16.9. The summed E-state index contributed by atoms with van der Waals surface area (Å²) in [5, 5.41) is 11.8. The van der Waals surface area contributed by atoms with E-state index in [9.17, 15) is 9.59 Å². The van der Waals surface area contributed by atoms with E-state index < -0.39 is 5.97 Å².